The normalized spacial score (nSPS) is 10.6. The van der Waals surface area contributed by atoms with E-state index in [-0.39, 0.29) is 0 Å². The lowest BCUT2D eigenvalue weighted by Gasteiger charge is -2.11. The maximum atomic E-state index is 5.73. The van der Waals surface area contributed by atoms with Gasteiger partial charge in [-0.05, 0) is 25.5 Å². The molecule has 0 fully saturated rings. The van der Waals surface area contributed by atoms with E-state index in [1.165, 1.54) is 5.56 Å². The van der Waals surface area contributed by atoms with E-state index in [2.05, 4.69) is 16.9 Å². The molecule has 0 aromatic carbocycles. The van der Waals surface area contributed by atoms with E-state index < -0.39 is 0 Å². The molecule has 0 saturated carbocycles. The molecule has 2 N–H and O–H groups in total. The summed E-state index contributed by atoms with van der Waals surface area (Å²) in [4.78, 5) is 8.51. The van der Waals surface area contributed by atoms with E-state index in [0.717, 1.165) is 17.1 Å². The van der Waals surface area contributed by atoms with Gasteiger partial charge in [0.15, 0.2) is 0 Å². The predicted molar refractivity (Wildman–Crippen MR) is 58.7 cm³/mol. The summed E-state index contributed by atoms with van der Waals surface area (Å²) in [5, 5.41) is 0. The standard InChI is InChI=1S/C11H14N4/c1-8-5-9(2)14-11(10(8)6-12)15-4-3-13-7-15/h3-5,7H,6,12H2,1-2H3. The Kier molecular flexibility index (Phi) is 2.51. The van der Waals surface area contributed by atoms with Crippen LogP contribution in [-0.2, 0) is 6.54 Å². The van der Waals surface area contributed by atoms with E-state index in [0.29, 0.717) is 6.54 Å². The molecule has 0 saturated heterocycles. The lowest BCUT2D eigenvalue weighted by molar-refractivity contribution is 0.908. The lowest BCUT2D eigenvalue weighted by Crippen LogP contribution is -2.09. The molecule has 78 valence electrons. The zero-order valence-corrected chi connectivity index (χ0v) is 8.94. The van der Waals surface area contributed by atoms with Crippen molar-refractivity contribution in [3.8, 4) is 5.82 Å². The summed E-state index contributed by atoms with van der Waals surface area (Å²) >= 11 is 0. The third-order valence-electron chi connectivity index (χ3n) is 2.41. The molecule has 0 unspecified atom stereocenters. The molecular formula is C11H14N4. The summed E-state index contributed by atoms with van der Waals surface area (Å²) in [5.41, 5.74) is 8.97. The fraction of sp³-hybridized carbons (Fsp3) is 0.273. The van der Waals surface area contributed by atoms with Crippen molar-refractivity contribution >= 4 is 0 Å². The first kappa shape index (κ1) is 9.86. The van der Waals surface area contributed by atoms with E-state index in [9.17, 15) is 0 Å². The van der Waals surface area contributed by atoms with Crippen LogP contribution in [0, 0.1) is 13.8 Å². The van der Waals surface area contributed by atoms with E-state index >= 15 is 0 Å². The molecule has 2 aromatic heterocycles. The predicted octanol–water partition coefficient (Wildman–Crippen LogP) is 1.34. The average molecular weight is 202 g/mol. The van der Waals surface area contributed by atoms with Crippen LogP contribution in [0.15, 0.2) is 24.8 Å². The first-order valence-electron chi connectivity index (χ1n) is 4.88. The van der Waals surface area contributed by atoms with Gasteiger partial charge in [-0.1, -0.05) is 0 Å². The van der Waals surface area contributed by atoms with Gasteiger partial charge < -0.3 is 5.73 Å². The minimum atomic E-state index is 0.493. The quantitative estimate of drug-likeness (QED) is 0.799. The molecule has 0 bridgehead atoms. The van der Waals surface area contributed by atoms with Crippen molar-refractivity contribution in [2.75, 3.05) is 0 Å². The second kappa shape index (κ2) is 3.82. The van der Waals surface area contributed by atoms with Gasteiger partial charge in [-0.25, -0.2) is 9.97 Å². The van der Waals surface area contributed by atoms with Crippen molar-refractivity contribution in [1.82, 2.24) is 14.5 Å². The van der Waals surface area contributed by atoms with Crippen LogP contribution in [0.4, 0.5) is 0 Å². The summed E-state index contributed by atoms with van der Waals surface area (Å²) in [6.07, 6.45) is 5.35. The SMILES string of the molecule is Cc1cc(C)c(CN)c(-n2ccnc2)n1. The summed E-state index contributed by atoms with van der Waals surface area (Å²) in [5.74, 6) is 0.882. The molecule has 2 aromatic rings. The lowest BCUT2D eigenvalue weighted by atomic mass is 10.1. The van der Waals surface area contributed by atoms with Crippen LogP contribution in [0.2, 0.25) is 0 Å². The molecule has 0 atom stereocenters. The zero-order chi connectivity index (χ0) is 10.8. The minimum Gasteiger partial charge on any atom is -0.326 e. The van der Waals surface area contributed by atoms with Crippen molar-refractivity contribution in [3.63, 3.8) is 0 Å². The molecular weight excluding hydrogens is 188 g/mol. The van der Waals surface area contributed by atoms with Gasteiger partial charge in [-0.2, -0.15) is 0 Å². The van der Waals surface area contributed by atoms with Gasteiger partial charge in [-0.15, -0.1) is 0 Å². The maximum absolute atomic E-state index is 5.73. The van der Waals surface area contributed by atoms with Gasteiger partial charge in [0.2, 0.25) is 0 Å². The number of rotatable bonds is 2. The van der Waals surface area contributed by atoms with Crippen molar-refractivity contribution in [1.29, 1.82) is 0 Å². The molecule has 4 nitrogen and oxygen atoms in total. The van der Waals surface area contributed by atoms with E-state index in [1.54, 1.807) is 12.5 Å². The molecule has 0 aliphatic carbocycles. The van der Waals surface area contributed by atoms with Gasteiger partial charge in [0.25, 0.3) is 0 Å². The number of aromatic nitrogens is 3. The molecule has 0 aliphatic rings. The smallest absolute Gasteiger partial charge is 0.142 e. The highest BCUT2D eigenvalue weighted by Gasteiger charge is 2.08. The fourth-order valence-corrected chi connectivity index (χ4v) is 1.69. The molecule has 2 rings (SSSR count). The number of pyridine rings is 1. The Bertz CT molecular complexity index is 460. The second-order valence-electron chi connectivity index (χ2n) is 3.56. The molecule has 15 heavy (non-hydrogen) atoms. The fourth-order valence-electron chi connectivity index (χ4n) is 1.69. The average Bonchev–Trinajstić information content (AvgIpc) is 2.69. The minimum absolute atomic E-state index is 0.493. The van der Waals surface area contributed by atoms with Gasteiger partial charge in [0, 0.05) is 30.2 Å². The van der Waals surface area contributed by atoms with Crippen LogP contribution in [0.1, 0.15) is 16.8 Å². The van der Waals surface area contributed by atoms with Crippen LogP contribution >= 0.6 is 0 Å². The Hall–Kier alpha value is -1.68. The number of hydrogen-bond acceptors (Lipinski definition) is 3. The monoisotopic (exact) mass is 202 g/mol. The van der Waals surface area contributed by atoms with Crippen molar-refractivity contribution in [2.45, 2.75) is 20.4 Å². The molecule has 0 radical (unpaired) electrons. The van der Waals surface area contributed by atoms with Crippen molar-refractivity contribution in [3.05, 3.63) is 41.6 Å². The topological polar surface area (TPSA) is 56.7 Å². The van der Waals surface area contributed by atoms with Gasteiger partial charge in [-0.3, -0.25) is 4.57 Å². The second-order valence-corrected chi connectivity index (χ2v) is 3.56. The zero-order valence-electron chi connectivity index (χ0n) is 8.94. The summed E-state index contributed by atoms with van der Waals surface area (Å²) in [7, 11) is 0. The Morgan fingerprint density at radius 2 is 2.20 bits per heavy atom. The largest absolute Gasteiger partial charge is 0.326 e. The highest BCUT2D eigenvalue weighted by molar-refractivity contribution is 5.41. The van der Waals surface area contributed by atoms with Gasteiger partial charge in [0.1, 0.15) is 12.1 Å². The molecule has 4 heteroatoms. The Labute approximate surface area is 88.8 Å². The maximum Gasteiger partial charge on any atom is 0.142 e. The van der Waals surface area contributed by atoms with E-state index in [1.807, 2.05) is 23.8 Å². The number of nitrogens with zero attached hydrogens (tertiary/aromatic N) is 3. The summed E-state index contributed by atoms with van der Waals surface area (Å²) < 4.78 is 1.89. The Morgan fingerprint density at radius 3 is 2.80 bits per heavy atom. The molecule has 0 amide bonds. The van der Waals surface area contributed by atoms with E-state index in [4.69, 9.17) is 5.73 Å². The molecule has 2 heterocycles. The van der Waals surface area contributed by atoms with Crippen LogP contribution in [0.5, 0.6) is 0 Å². The van der Waals surface area contributed by atoms with Crippen molar-refractivity contribution < 1.29 is 0 Å². The van der Waals surface area contributed by atoms with Gasteiger partial charge in [0.05, 0.1) is 0 Å². The Balaban J connectivity index is 2.64. The first-order chi connectivity index (χ1) is 7.22. The third-order valence-corrected chi connectivity index (χ3v) is 2.41. The van der Waals surface area contributed by atoms with Crippen LogP contribution < -0.4 is 5.73 Å². The summed E-state index contributed by atoms with van der Waals surface area (Å²) in [6.45, 7) is 4.53. The Morgan fingerprint density at radius 1 is 1.40 bits per heavy atom. The van der Waals surface area contributed by atoms with Crippen molar-refractivity contribution in [2.24, 2.45) is 5.73 Å². The van der Waals surface area contributed by atoms with Crippen LogP contribution in [0.25, 0.3) is 5.82 Å². The highest BCUT2D eigenvalue weighted by Crippen LogP contribution is 2.16. The van der Waals surface area contributed by atoms with Gasteiger partial charge >= 0.3 is 0 Å². The number of aryl methyl sites for hydroxylation is 2. The first-order valence-corrected chi connectivity index (χ1v) is 4.88. The van der Waals surface area contributed by atoms with Crippen LogP contribution in [-0.4, -0.2) is 14.5 Å². The number of imidazole rings is 1. The molecule has 0 spiro atoms. The summed E-state index contributed by atoms with van der Waals surface area (Å²) in [6, 6.07) is 2.04. The highest BCUT2D eigenvalue weighted by atomic mass is 15.1. The van der Waals surface area contributed by atoms with Crippen LogP contribution in [0.3, 0.4) is 0 Å². The third kappa shape index (κ3) is 1.76. The number of hydrogen-bond donors (Lipinski definition) is 1. The number of nitrogens with two attached hydrogens (primary N) is 1. The molecule has 0 aliphatic heterocycles.